The summed E-state index contributed by atoms with van der Waals surface area (Å²) in [5, 5.41) is 7.15. The number of carbonyl (C=O) groups excluding carboxylic acids is 1. The van der Waals surface area contributed by atoms with Crippen molar-refractivity contribution in [2.45, 2.75) is 64.3 Å². The quantitative estimate of drug-likeness (QED) is 0.884. The highest BCUT2D eigenvalue weighted by Crippen LogP contribution is 2.37. The Hall–Kier alpha value is -2.37. The van der Waals surface area contributed by atoms with Crippen LogP contribution >= 0.6 is 0 Å². The largest absolute Gasteiger partial charge is 0.483 e. The minimum atomic E-state index is -0.540. The number of hydrogen-bond donors (Lipinski definition) is 1. The van der Waals surface area contributed by atoms with Crippen LogP contribution in [-0.4, -0.2) is 22.7 Å². The Bertz CT molecular complexity index is 771. The molecule has 1 amide bonds. The molecule has 140 valence electrons. The van der Waals surface area contributed by atoms with E-state index < -0.39 is 5.54 Å². The second kappa shape index (κ2) is 7.09. The fourth-order valence-electron chi connectivity index (χ4n) is 3.54. The van der Waals surface area contributed by atoms with Crippen molar-refractivity contribution in [1.82, 2.24) is 15.5 Å². The number of aryl methyl sites for hydroxylation is 1. The standard InChI is InChI=1S/C20H27N3O3/c1-14-21-18(23-26-14)20(11-7-8-12-20)22-17(24)13-25-16-10-6-5-9-15(16)19(2,3)4/h5-6,9-10H,7-8,11-13H2,1-4H3,(H,22,24). The predicted octanol–water partition coefficient (Wildman–Crippen LogP) is 3.64. The zero-order chi connectivity index (χ0) is 18.8. The van der Waals surface area contributed by atoms with E-state index in [0.29, 0.717) is 11.7 Å². The fraction of sp³-hybridized carbons (Fsp3) is 0.550. The molecule has 26 heavy (non-hydrogen) atoms. The normalized spacial score (nSPS) is 16.5. The van der Waals surface area contributed by atoms with Crippen molar-refractivity contribution in [3.63, 3.8) is 0 Å². The second-order valence-corrected chi connectivity index (χ2v) is 8.01. The number of para-hydroxylation sites is 1. The lowest BCUT2D eigenvalue weighted by molar-refractivity contribution is -0.125. The van der Waals surface area contributed by atoms with E-state index in [-0.39, 0.29) is 17.9 Å². The lowest BCUT2D eigenvalue weighted by atomic mass is 9.86. The lowest BCUT2D eigenvalue weighted by Gasteiger charge is -2.27. The first-order valence-corrected chi connectivity index (χ1v) is 9.14. The minimum absolute atomic E-state index is 0.0360. The first kappa shape index (κ1) is 18.4. The van der Waals surface area contributed by atoms with Crippen molar-refractivity contribution in [1.29, 1.82) is 0 Å². The van der Waals surface area contributed by atoms with Crippen LogP contribution < -0.4 is 10.1 Å². The molecule has 0 unspecified atom stereocenters. The number of benzene rings is 1. The summed E-state index contributed by atoms with van der Waals surface area (Å²) < 4.78 is 11.0. The summed E-state index contributed by atoms with van der Waals surface area (Å²) in [6.45, 7) is 8.10. The van der Waals surface area contributed by atoms with Crippen LogP contribution in [0.2, 0.25) is 0 Å². The second-order valence-electron chi connectivity index (χ2n) is 8.01. The first-order chi connectivity index (χ1) is 12.3. The van der Waals surface area contributed by atoms with Crippen LogP contribution in [0.15, 0.2) is 28.8 Å². The molecule has 1 aromatic carbocycles. The molecule has 1 fully saturated rings. The van der Waals surface area contributed by atoms with Crippen LogP contribution in [-0.2, 0) is 15.7 Å². The Morgan fingerprint density at radius 1 is 1.27 bits per heavy atom. The van der Waals surface area contributed by atoms with Crippen LogP contribution in [0.4, 0.5) is 0 Å². The molecule has 1 heterocycles. The molecular formula is C20H27N3O3. The Morgan fingerprint density at radius 2 is 1.96 bits per heavy atom. The summed E-state index contributed by atoms with van der Waals surface area (Å²) >= 11 is 0. The highest BCUT2D eigenvalue weighted by molar-refractivity contribution is 5.78. The van der Waals surface area contributed by atoms with Gasteiger partial charge in [-0.05, 0) is 29.9 Å². The zero-order valence-electron chi connectivity index (χ0n) is 16.0. The molecule has 1 aliphatic carbocycles. The van der Waals surface area contributed by atoms with Gasteiger partial charge < -0.3 is 14.6 Å². The van der Waals surface area contributed by atoms with E-state index in [2.05, 4.69) is 36.2 Å². The Morgan fingerprint density at radius 3 is 2.58 bits per heavy atom. The topological polar surface area (TPSA) is 77.2 Å². The summed E-state index contributed by atoms with van der Waals surface area (Å²) in [4.78, 5) is 16.9. The molecule has 1 aromatic heterocycles. The molecular weight excluding hydrogens is 330 g/mol. The molecule has 1 N–H and O–H groups in total. The predicted molar refractivity (Wildman–Crippen MR) is 98.0 cm³/mol. The molecule has 1 aliphatic rings. The summed E-state index contributed by atoms with van der Waals surface area (Å²) in [6, 6.07) is 7.85. The van der Waals surface area contributed by atoms with E-state index in [1.54, 1.807) is 6.92 Å². The average molecular weight is 357 g/mol. The Balaban J connectivity index is 1.69. The number of ether oxygens (including phenoxy) is 1. The van der Waals surface area contributed by atoms with Crippen molar-refractivity contribution in [2.75, 3.05) is 6.61 Å². The third-order valence-electron chi connectivity index (χ3n) is 4.85. The molecule has 6 nitrogen and oxygen atoms in total. The fourth-order valence-corrected chi connectivity index (χ4v) is 3.54. The van der Waals surface area contributed by atoms with Gasteiger partial charge in [0.1, 0.15) is 11.3 Å². The smallest absolute Gasteiger partial charge is 0.258 e. The van der Waals surface area contributed by atoms with E-state index in [4.69, 9.17) is 9.26 Å². The third-order valence-corrected chi connectivity index (χ3v) is 4.85. The minimum Gasteiger partial charge on any atom is -0.483 e. The van der Waals surface area contributed by atoms with Crippen molar-refractivity contribution in [3.8, 4) is 5.75 Å². The maximum absolute atomic E-state index is 12.6. The SMILES string of the molecule is Cc1nc(C2(NC(=O)COc3ccccc3C(C)(C)C)CCCC2)no1. The van der Waals surface area contributed by atoms with Crippen LogP contribution in [0.3, 0.4) is 0 Å². The van der Waals surface area contributed by atoms with Gasteiger partial charge >= 0.3 is 0 Å². The zero-order valence-corrected chi connectivity index (χ0v) is 16.0. The van der Waals surface area contributed by atoms with Gasteiger partial charge in [-0.3, -0.25) is 4.79 Å². The molecule has 6 heteroatoms. The summed E-state index contributed by atoms with van der Waals surface area (Å²) in [7, 11) is 0. The summed E-state index contributed by atoms with van der Waals surface area (Å²) in [5.74, 6) is 1.65. The molecule has 0 atom stereocenters. The van der Waals surface area contributed by atoms with E-state index >= 15 is 0 Å². The maximum Gasteiger partial charge on any atom is 0.258 e. The van der Waals surface area contributed by atoms with E-state index in [9.17, 15) is 4.79 Å². The number of nitrogens with zero attached hydrogens (tertiary/aromatic N) is 2. The number of rotatable bonds is 5. The monoisotopic (exact) mass is 357 g/mol. The molecule has 0 bridgehead atoms. The Labute approximate surface area is 154 Å². The average Bonchev–Trinajstić information content (AvgIpc) is 3.22. The number of hydrogen-bond acceptors (Lipinski definition) is 5. The van der Waals surface area contributed by atoms with Gasteiger partial charge in [-0.1, -0.05) is 57.0 Å². The molecule has 0 saturated heterocycles. The van der Waals surface area contributed by atoms with Gasteiger partial charge in [0.25, 0.3) is 5.91 Å². The molecule has 2 aromatic rings. The van der Waals surface area contributed by atoms with E-state index in [0.717, 1.165) is 37.0 Å². The Kier molecular flexibility index (Phi) is 5.03. The van der Waals surface area contributed by atoms with Gasteiger partial charge in [0, 0.05) is 6.92 Å². The molecule has 0 radical (unpaired) electrons. The lowest BCUT2D eigenvalue weighted by Crippen LogP contribution is -2.46. The van der Waals surface area contributed by atoms with Crippen molar-refractivity contribution >= 4 is 5.91 Å². The van der Waals surface area contributed by atoms with Gasteiger partial charge in [0.15, 0.2) is 12.4 Å². The van der Waals surface area contributed by atoms with Gasteiger partial charge in [-0.2, -0.15) is 4.98 Å². The van der Waals surface area contributed by atoms with Gasteiger partial charge in [-0.15, -0.1) is 0 Å². The number of nitrogens with one attached hydrogen (secondary N) is 1. The highest BCUT2D eigenvalue weighted by Gasteiger charge is 2.41. The van der Waals surface area contributed by atoms with Gasteiger partial charge in [0.05, 0.1) is 0 Å². The summed E-state index contributed by atoms with van der Waals surface area (Å²) in [6.07, 6.45) is 3.69. The van der Waals surface area contributed by atoms with Gasteiger partial charge in [0.2, 0.25) is 5.89 Å². The van der Waals surface area contributed by atoms with E-state index in [1.165, 1.54) is 0 Å². The third kappa shape index (κ3) is 3.89. The van der Waals surface area contributed by atoms with Gasteiger partial charge in [-0.25, -0.2) is 0 Å². The molecule has 1 saturated carbocycles. The van der Waals surface area contributed by atoms with Crippen molar-refractivity contribution < 1.29 is 14.1 Å². The van der Waals surface area contributed by atoms with Crippen LogP contribution in [0, 0.1) is 6.92 Å². The molecule has 3 rings (SSSR count). The number of carbonyl (C=O) groups is 1. The first-order valence-electron chi connectivity index (χ1n) is 9.14. The van der Waals surface area contributed by atoms with Crippen LogP contribution in [0.5, 0.6) is 5.75 Å². The van der Waals surface area contributed by atoms with Crippen molar-refractivity contribution in [3.05, 3.63) is 41.5 Å². The molecule has 0 spiro atoms. The number of amides is 1. The number of aromatic nitrogens is 2. The maximum atomic E-state index is 12.6. The van der Waals surface area contributed by atoms with E-state index in [1.807, 2.05) is 24.3 Å². The van der Waals surface area contributed by atoms with Crippen LogP contribution in [0.1, 0.15) is 63.7 Å². The van der Waals surface area contributed by atoms with Crippen LogP contribution in [0.25, 0.3) is 0 Å². The molecule has 0 aliphatic heterocycles. The summed E-state index contributed by atoms with van der Waals surface area (Å²) in [5.41, 5.74) is 0.487. The highest BCUT2D eigenvalue weighted by atomic mass is 16.5. The van der Waals surface area contributed by atoms with Crippen molar-refractivity contribution in [2.24, 2.45) is 0 Å².